The summed E-state index contributed by atoms with van der Waals surface area (Å²) in [5.74, 6) is -1.05. The lowest BCUT2D eigenvalue weighted by molar-refractivity contribution is -0.134. The van der Waals surface area contributed by atoms with Gasteiger partial charge in [-0.3, -0.25) is 4.79 Å². The minimum absolute atomic E-state index is 0.00246. The Morgan fingerprint density at radius 2 is 2.13 bits per heavy atom. The maximum Gasteiger partial charge on any atom is 0.345 e. The van der Waals surface area contributed by atoms with Crippen LogP contribution in [0.15, 0.2) is 70.9 Å². The van der Waals surface area contributed by atoms with Crippen LogP contribution in [0.4, 0.5) is 0 Å². The van der Waals surface area contributed by atoms with E-state index < -0.39 is 11.8 Å². The summed E-state index contributed by atoms with van der Waals surface area (Å²) in [6.07, 6.45) is 4.96. The van der Waals surface area contributed by atoms with Crippen molar-refractivity contribution in [2.24, 2.45) is 0 Å². The van der Waals surface area contributed by atoms with Crippen LogP contribution in [0.5, 0.6) is 0 Å². The highest BCUT2D eigenvalue weighted by Crippen LogP contribution is 2.34. The zero-order valence-electron chi connectivity index (χ0n) is 15.8. The van der Waals surface area contributed by atoms with E-state index in [0.717, 1.165) is 21.6 Å². The van der Waals surface area contributed by atoms with Crippen molar-refractivity contribution in [3.63, 3.8) is 0 Å². The molecule has 0 saturated carbocycles. The number of benzene rings is 1. The SMILES string of the molecule is O=C(O)C1=C(N2CCSc3ccccc3C2)OC(=Cc2c[nH]c3ncccc23)C1=O. The number of Topliss-reactive ketones (excluding diaryl/α,β-unsaturated/α-hetero) is 1. The van der Waals surface area contributed by atoms with E-state index in [2.05, 4.69) is 9.97 Å². The van der Waals surface area contributed by atoms with Gasteiger partial charge in [0.05, 0.1) is 0 Å². The molecule has 3 aromatic rings. The van der Waals surface area contributed by atoms with Gasteiger partial charge in [-0.05, 0) is 29.8 Å². The fraction of sp³-hybridized carbons (Fsp3) is 0.136. The summed E-state index contributed by atoms with van der Waals surface area (Å²) in [5, 5.41) is 10.6. The van der Waals surface area contributed by atoms with E-state index in [1.54, 1.807) is 36.3 Å². The molecule has 2 aliphatic heterocycles. The Hall–Kier alpha value is -3.52. The van der Waals surface area contributed by atoms with Gasteiger partial charge in [-0.15, -0.1) is 11.8 Å². The highest BCUT2D eigenvalue weighted by atomic mass is 32.2. The van der Waals surface area contributed by atoms with Crippen molar-refractivity contribution >= 4 is 40.6 Å². The van der Waals surface area contributed by atoms with E-state index in [0.29, 0.717) is 24.3 Å². The molecule has 0 unspecified atom stereocenters. The number of pyridine rings is 1. The summed E-state index contributed by atoms with van der Waals surface area (Å²) >= 11 is 1.71. The number of nitrogens with one attached hydrogen (secondary N) is 1. The van der Waals surface area contributed by atoms with Gasteiger partial charge in [-0.25, -0.2) is 9.78 Å². The van der Waals surface area contributed by atoms with Crippen LogP contribution in [0, 0.1) is 0 Å². The molecule has 2 aromatic heterocycles. The highest BCUT2D eigenvalue weighted by molar-refractivity contribution is 7.99. The van der Waals surface area contributed by atoms with E-state index in [9.17, 15) is 14.7 Å². The molecule has 0 spiro atoms. The molecule has 0 aliphatic carbocycles. The number of hydrogen-bond acceptors (Lipinski definition) is 6. The Morgan fingerprint density at radius 3 is 3.00 bits per heavy atom. The lowest BCUT2D eigenvalue weighted by Crippen LogP contribution is -2.26. The zero-order valence-corrected chi connectivity index (χ0v) is 16.6. The summed E-state index contributed by atoms with van der Waals surface area (Å²) in [4.78, 5) is 35.1. The third-order valence-corrected chi connectivity index (χ3v) is 6.19. The van der Waals surface area contributed by atoms with Gasteiger partial charge in [0.25, 0.3) is 0 Å². The molecule has 5 rings (SSSR count). The number of H-pyrrole nitrogens is 1. The minimum Gasteiger partial charge on any atom is -0.477 e. The van der Waals surface area contributed by atoms with Crippen LogP contribution in [0.25, 0.3) is 17.1 Å². The second-order valence-corrected chi connectivity index (χ2v) is 8.08. The second-order valence-electron chi connectivity index (χ2n) is 6.95. The molecule has 150 valence electrons. The molecule has 1 aromatic carbocycles. The third kappa shape index (κ3) is 3.15. The van der Waals surface area contributed by atoms with Crippen molar-refractivity contribution in [3.8, 4) is 0 Å². The molecule has 2 N–H and O–H groups in total. The average Bonchev–Trinajstić information content (AvgIpc) is 3.21. The van der Waals surface area contributed by atoms with E-state index in [1.165, 1.54) is 0 Å². The molecule has 4 heterocycles. The van der Waals surface area contributed by atoms with Crippen molar-refractivity contribution in [1.29, 1.82) is 0 Å². The first kappa shape index (κ1) is 18.5. The van der Waals surface area contributed by atoms with Gasteiger partial charge < -0.3 is 19.7 Å². The molecule has 0 bridgehead atoms. The Balaban J connectivity index is 1.52. The lowest BCUT2D eigenvalue weighted by atomic mass is 10.1. The van der Waals surface area contributed by atoms with Crippen LogP contribution in [0.3, 0.4) is 0 Å². The Morgan fingerprint density at radius 1 is 1.27 bits per heavy atom. The average molecular weight is 419 g/mol. The van der Waals surface area contributed by atoms with Gasteiger partial charge in [0.2, 0.25) is 11.7 Å². The molecule has 8 heteroatoms. The van der Waals surface area contributed by atoms with E-state index in [1.807, 2.05) is 35.2 Å². The minimum atomic E-state index is -1.29. The van der Waals surface area contributed by atoms with E-state index in [-0.39, 0.29) is 17.2 Å². The number of aromatic nitrogens is 2. The fourth-order valence-corrected chi connectivity index (χ4v) is 4.69. The van der Waals surface area contributed by atoms with Crippen LogP contribution in [0.1, 0.15) is 11.1 Å². The highest BCUT2D eigenvalue weighted by Gasteiger charge is 2.39. The van der Waals surface area contributed by atoms with Gasteiger partial charge in [0, 0.05) is 47.1 Å². The normalized spacial score (nSPS) is 17.9. The summed E-state index contributed by atoms with van der Waals surface area (Å²) < 4.78 is 5.87. The summed E-state index contributed by atoms with van der Waals surface area (Å²) in [7, 11) is 0. The number of ketones is 1. The third-order valence-electron chi connectivity index (χ3n) is 5.09. The van der Waals surface area contributed by atoms with Crippen LogP contribution < -0.4 is 0 Å². The first-order chi connectivity index (χ1) is 14.6. The van der Waals surface area contributed by atoms with Crippen LogP contribution in [-0.2, 0) is 20.9 Å². The standard InChI is InChI=1S/C22H17N3O4S/c26-19-16(10-14-11-24-20-15(14)5-3-7-23-20)29-21(18(19)22(27)28)25-8-9-30-17-6-2-1-4-13(17)12-25/h1-7,10-11H,8-9,12H2,(H,23,24)(H,27,28). The molecule has 2 aliphatic rings. The molecular weight excluding hydrogens is 402 g/mol. The molecule has 0 saturated heterocycles. The summed E-state index contributed by atoms with van der Waals surface area (Å²) in [6.45, 7) is 1.05. The number of aromatic amines is 1. The smallest absolute Gasteiger partial charge is 0.345 e. The number of rotatable bonds is 3. The lowest BCUT2D eigenvalue weighted by Gasteiger charge is -2.23. The molecule has 0 atom stereocenters. The number of hydrogen-bond donors (Lipinski definition) is 2. The maximum absolute atomic E-state index is 12.9. The maximum atomic E-state index is 12.9. The topological polar surface area (TPSA) is 95.5 Å². The quantitative estimate of drug-likeness (QED) is 0.496. The van der Waals surface area contributed by atoms with E-state index in [4.69, 9.17) is 4.74 Å². The molecular formula is C22H17N3O4S. The summed E-state index contributed by atoms with van der Waals surface area (Å²) in [6, 6.07) is 11.7. The first-order valence-corrected chi connectivity index (χ1v) is 10.4. The van der Waals surface area contributed by atoms with Gasteiger partial charge in [-0.2, -0.15) is 0 Å². The monoisotopic (exact) mass is 419 g/mol. The second kappa shape index (κ2) is 7.38. The van der Waals surface area contributed by atoms with E-state index >= 15 is 0 Å². The molecule has 0 fully saturated rings. The van der Waals surface area contributed by atoms with Gasteiger partial charge in [-0.1, -0.05) is 18.2 Å². The molecule has 0 radical (unpaired) electrons. The van der Waals surface area contributed by atoms with Gasteiger partial charge >= 0.3 is 5.97 Å². The first-order valence-electron chi connectivity index (χ1n) is 9.41. The molecule has 30 heavy (non-hydrogen) atoms. The number of thioether (sulfide) groups is 1. The molecule has 0 amide bonds. The number of carbonyl (C=O) groups excluding carboxylic acids is 1. The zero-order chi connectivity index (χ0) is 20.7. The Bertz CT molecular complexity index is 1240. The number of carboxylic acid groups (broad SMARTS) is 1. The number of carbonyl (C=O) groups is 2. The summed E-state index contributed by atoms with van der Waals surface area (Å²) in [5.41, 5.74) is 2.14. The number of carboxylic acids is 1. The van der Waals surface area contributed by atoms with Crippen molar-refractivity contribution in [2.45, 2.75) is 11.4 Å². The van der Waals surface area contributed by atoms with Crippen LogP contribution >= 0.6 is 11.8 Å². The number of allylic oxidation sites excluding steroid dienone is 1. The van der Waals surface area contributed by atoms with Crippen molar-refractivity contribution in [2.75, 3.05) is 12.3 Å². The largest absolute Gasteiger partial charge is 0.477 e. The number of aliphatic carboxylic acids is 1. The van der Waals surface area contributed by atoms with Gasteiger partial charge in [0.1, 0.15) is 5.65 Å². The van der Waals surface area contributed by atoms with Crippen molar-refractivity contribution < 1.29 is 19.4 Å². The fourth-order valence-electron chi connectivity index (χ4n) is 3.66. The van der Waals surface area contributed by atoms with Crippen molar-refractivity contribution in [3.05, 3.63) is 77.1 Å². The number of ether oxygens (including phenoxy) is 1. The Labute approximate surface area is 176 Å². The number of fused-ring (bicyclic) bond motifs is 2. The van der Waals surface area contributed by atoms with Crippen LogP contribution in [-0.4, -0.2) is 44.0 Å². The van der Waals surface area contributed by atoms with Crippen molar-refractivity contribution in [1.82, 2.24) is 14.9 Å². The predicted molar refractivity (Wildman–Crippen MR) is 112 cm³/mol. The van der Waals surface area contributed by atoms with Gasteiger partial charge in [0.15, 0.2) is 11.3 Å². The predicted octanol–water partition coefficient (Wildman–Crippen LogP) is 3.41. The number of nitrogens with zero attached hydrogens (tertiary/aromatic N) is 2. The Kier molecular flexibility index (Phi) is 4.55. The van der Waals surface area contributed by atoms with Crippen LogP contribution in [0.2, 0.25) is 0 Å². The molecule has 7 nitrogen and oxygen atoms in total.